The Morgan fingerprint density at radius 1 is 1.22 bits per heavy atom. The number of likely N-dealkylation sites (tertiary alicyclic amines) is 1. The van der Waals surface area contributed by atoms with Crippen molar-refractivity contribution in [2.75, 3.05) is 20.2 Å². The van der Waals surface area contributed by atoms with Gasteiger partial charge in [-0.05, 0) is 64.3 Å². The molecule has 0 bridgehead atoms. The zero-order valence-corrected chi connectivity index (χ0v) is 17.5. The molecule has 7 heteroatoms. The number of carbonyl (C=O) groups is 2. The van der Waals surface area contributed by atoms with Crippen molar-refractivity contribution in [3.05, 3.63) is 29.8 Å². The van der Waals surface area contributed by atoms with Crippen molar-refractivity contribution < 1.29 is 14.3 Å². The van der Waals surface area contributed by atoms with Gasteiger partial charge in [0.2, 0.25) is 0 Å². The highest BCUT2D eigenvalue weighted by atomic mass is 35.5. The number of piperidine rings is 1. The summed E-state index contributed by atoms with van der Waals surface area (Å²) in [5.41, 5.74) is 6.19. The van der Waals surface area contributed by atoms with Crippen molar-refractivity contribution >= 4 is 24.2 Å². The van der Waals surface area contributed by atoms with Gasteiger partial charge in [-0.15, -0.1) is 12.4 Å². The summed E-state index contributed by atoms with van der Waals surface area (Å²) in [6.45, 7) is 6.52. The van der Waals surface area contributed by atoms with Gasteiger partial charge in [0, 0.05) is 37.3 Å². The standard InChI is InChI=1S/C20H31N3O3.ClH/c1-14-6-5-7-15(2)23(14)19(24)13-26-18-10-8-17(9-11-18)20(25)22(4)16(3)12-21;/h8-11,14-16H,5-7,12-13,21H2,1-4H3;1H. The maximum absolute atomic E-state index is 12.5. The predicted molar refractivity (Wildman–Crippen MR) is 109 cm³/mol. The zero-order valence-electron chi connectivity index (χ0n) is 16.7. The van der Waals surface area contributed by atoms with E-state index in [1.807, 2.05) is 11.8 Å². The first-order valence-electron chi connectivity index (χ1n) is 9.36. The second-order valence-corrected chi connectivity index (χ2v) is 7.24. The van der Waals surface area contributed by atoms with E-state index in [0.717, 1.165) is 12.8 Å². The summed E-state index contributed by atoms with van der Waals surface area (Å²) in [6, 6.07) is 7.38. The largest absolute Gasteiger partial charge is 0.484 e. The Hall–Kier alpha value is -1.79. The van der Waals surface area contributed by atoms with Gasteiger partial charge in [0.1, 0.15) is 5.75 Å². The number of nitrogens with zero attached hydrogens (tertiary/aromatic N) is 2. The van der Waals surface area contributed by atoms with Gasteiger partial charge in [0.05, 0.1) is 0 Å². The van der Waals surface area contributed by atoms with E-state index in [-0.39, 0.29) is 49.0 Å². The molecule has 2 amide bonds. The number of nitrogens with two attached hydrogens (primary N) is 1. The third kappa shape index (κ3) is 5.84. The number of likely N-dealkylation sites (N-methyl/N-ethyl adjacent to an activating group) is 1. The summed E-state index contributed by atoms with van der Waals surface area (Å²) >= 11 is 0. The van der Waals surface area contributed by atoms with Crippen molar-refractivity contribution in [1.29, 1.82) is 0 Å². The third-order valence-electron chi connectivity index (χ3n) is 5.27. The highest BCUT2D eigenvalue weighted by Gasteiger charge is 2.29. The van der Waals surface area contributed by atoms with Crippen molar-refractivity contribution in [2.45, 2.75) is 58.2 Å². The van der Waals surface area contributed by atoms with Crippen LogP contribution in [0, 0.1) is 0 Å². The van der Waals surface area contributed by atoms with E-state index < -0.39 is 0 Å². The number of rotatable bonds is 6. The molecule has 1 fully saturated rings. The lowest BCUT2D eigenvalue weighted by molar-refractivity contribution is -0.139. The van der Waals surface area contributed by atoms with Crippen LogP contribution in [0.2, 0.25) is 0 Å². The molecule has 152 valence electrons. The lowest BCUT2D eigenvalue weighted by Gasteiger charge is -2.38. The van der Waals surface area contributed by atoms with Crippen LogP contribution in [0.3, 0.4) is 0 Å². The molecule has 0 saturated carbocycles. The summed E-state index contributed by atoms with van der Waals surface area (Å²) in [5.74, 6) is 0.518. The van der Waals surface area contributed by atoms with E-state index in [1.54, 1.807) is 36.2 Å². The fraction of sp³-hybridized carbons (Fsp3) is 0.600. The van der Waals surface area contributed by atoms with E-state index in [1.165, 1.54) is 6.42 Å². The summed E-state index contributed by atoms with van der Waals surface area (Å²) in [4.78, 5) is 28.4. The minimum atomic E-state index is -0.0819. The normalized spacial score (nSPS) is 20.4. The summed E-state index contributed by atoms with van der Waals surface area (Å²) in [5, 5.41) is 0. The minimum absolute atomic E-state index is 0. The average molecular weight is 398 g/mol. The van der Waals surface area contributed by atoms with Crippen LogP contribution in [0.5, 0.6) is 5.75 Å². The van der Waals surface area contributed by atoms with Crippen LogP contribution in [0.4, 0.5) is 0 Å². The maximum Gasteiger partial charge on any atom is 0.260 e. The third-order valence-corrected chi connectivity index (χ3v) is 5.27. The topological polar surface area (TPSA) is 75.9 Å². The molecule has 1 aromatic carbocycles. The number of ether oxygens (including phenoxy) is 1. The van der Waals surface area contributed by atoms with Gasteiger partial charge in [-0.1, -0.05) is 0 Å². The van der Waals surface area contributed by atoms with Crippen LogP contribution in [-0.2, 0) is 4.79 Å². The summed E-state index contributed by atoms with van der Waals surface area (Å²) < 4.78 is 5.65. The number of carbonyl (C=O) groups excluding carboxylic acids is 2. The Bertz CT molecular complexity index is 613. The second-order valence-electron chi connectivity index (χ2n) is 7.24. The first kappa shape index (κ1) is 23.2. The van der Waals surface area contributed by atoms with E-state index in [0.29, 0.717) is 17.9 Å². The molecular weight excluding hydrogens is 366 g/mol. The molecule has 1 aliphatic heterocycles. The molecule has 1 heterocycles. The van der Waals surface area contributed by atoms with Gasteiger partial charge in [0.25, 0.3) is 11.8 Å². The SMILES string of the molecule is CC(CN)N(C)C(=O)c1ccc(OCC(=O)N2C(C)CCCC2C)cc1.Cl. The number of amides is 2. The lowest BCUT2D eigenvalue weighted by atomic mass is 9.97. The van der Waals surface area contributed by atoms with Crippen LogP contribution in [-0.4, -0.2) is 59.9 Å². The molecule has 3 atom stereocenters. The van der Waals surface area contributed by atoms with Crippen molar-refractivity contribution in [2.24, 2.45) is 5.73 Å². The fourth-order valence-corrected chi connectivity index (χ4v) is 3.39. The highest BCUT2D eigenvalue weighted by molar-refractivity contribution is 5.94. The van der Waals surface area contributed by atoms with Gasteiger partial charge < -0.3 is 20.3 Å². The molecule has 0 spiro atoms. The average Bonchev–Trinajstić information content (AvgIpc) is 2.64. The summed E-state index contributed by atoms with van der Waals surface area (Å²) in [7, 11) is 1.74. The van der Waals surface area contributed by atoms with E-state index in [2.05, 4.69) is 13.8 Å². The van der Waals surface area contributed by atoms with Crippen LogP contribution < -0.4 is 10.5 Å². The number of halogens is 1. The molecule has 0 aliphatic carbocycles. The van der Waals surface area contributed by atoms with Gasteiger partial charge in [-0.2, -0.15) is 0 Å². The quantitative estimate of drug-likeness (QED) is 0.800. The van der Waals surface area contributed by atoms with Gasteiger partial charge in [0.15, 0.2) is 6.61 Å². The molecular formula is C20H32ClN3O3. The van der Waals surface area contributed by atoms with Gasteiger partial charge >= 0.3 is 0 Å². The molecule has 2 rings (SSSR count). The van der Waals surface area contributed by atoms with E-state index in [9.17, 15) is 9.59 Å². The molecule has 2 N–H and O–H groups in total. The Morgan fingerprint density at radius 3 is 2.30 bits per heavy atom. The highest BCUT2D eigenvalue weighted by Crippen LogP contribution is 2.23. The van der Waals surface area contributed by atoms with Crippen LogP contribution in [0.1, 0.15) is 50.4 Å². The lowest BCUT2D eigenvalue weighted by Crippen LogP contribution is -2.49. The Kier molecular flexibility index (Phi) is 9.06. The molecule has 0 aromatic heterocycles. The van der Waals surface area contributed by atoms with Crippen molar-refractivity contribution in [3.63, 3.8) is 0 Å². The molecule has 3 unspecified atom stereocenters. The number of hydrogen-bond donors (Lipinski definition) is 1. The fourth-order valence-electron chi connectivity index (χ4n) is 3.39. The molecule has 1 aliphatic rings. The summed E-state index contributed by atoms with van der Waals surface area (Å²) in [6.07, 6.45) is 3.25. The van der Waals surface area contributed by atoms with Crippen LogP contribution in [0.15, 0.2) is 24.3 Å². The molecule has 27 heavy (non-hydrogen) atoms. The van der Waals surface area contributed by atoms with Crippen LogP contribution in [0.25, 0.3) is 0 Å². The Balaban J connectivity index is 0.00000364. The van der Waals surface area contributed by atoms with Crippen molar-refractivity contribution in [3.8, 4) is 5.75 Å². The smallest absolute Gasteiger partial charge is 0.260 e. The Morgan fingerprint density at radius 2 is 1.78 bits per heavy atom. The van der Waals surface area contributed by atoms with E-state index in [4.69, 9.17) is 10.5 Å². The first-order valence-corrected chi connectivity index (χ1v) is 9.36. The maximum atomic E-state index is 12.5. The first-order chi connectivity index (χ1) is 12.3. The molecule has 1 saturated heterocycles. The Labute approximate surface area is 168 Å². The minimum Gasteiger partial charge on any atom is -0.484 e. The van der Waals surface area contributed by atoms with Crippen LogP contribution >= 0.6 is 12.4 Å². The molecule has 6 nitrogen and oxygen atoms in total. The van der Waals surface area contributed by atoms with E-state index >= 15 is 0 Å². The number of hydrogen-bond acceptors (Lipinski definition) is 4. The second kappa shape index (κ2) is 10.5. The monoisotopic (exact) mass is 397 g/mol. The zero-order chi connectivity index (χ0) is 19.3. The van der Waals surface area contributed by atoms with Gasteiger partial charge in [-0.3, -0.25) is 9.59 Å². The van der Waals surface area contributed by atoms with Crippen molar-refractivity contribution in [1.82, 2.24) is 9.80 Å². The molecule has 1 aromatic rings. The predicted octanol–water partition coefficient (Wildman–Crippen LogP) is 2.70. The van der Waals surface area contributed by atoms with Gasteiger partial charge in [-0.25, -0.2) is 0 Å². The number of benzene rings is 1. The molecule has 0 radical (unpaired) electrons.